The second-order valence-electron chi connectivity index (χ2n) is 8.66. The monoisotopic (exact) mass is 502 g/mol. The molecule has 0 heterocycles. The molecule has 0 amide bonds. The molecule has 0 aromatic heterocycles. The number of aliphatic hydroxyl groups is 7. The average molecular weight is 503 g/mol. The van der Waals surface area contributed by atoms with Crippen LogP contribution in [0.25, 0.3) is 0 Å². The van der Waals surface area contributed by atoms with Crippen LogP contribution in [0.1, 0.15) is 78.6 Å². The van der Waals surface area contributed by atoms with Gasteiger partial charge in [-0.15, -0.1) is 0 Å². The van der Waals surface area contributed by atoms with Crippen molar-refractivity contribution in [2.24, 2.45) is 10.8 Å². The summed E-state index contributed by atoms with van der Waals surface area (Å²) in [4.78, 5) is 19.8. The Hall–Kier alpha value is -1.34. The predicted molar refractivity (Wildman–Crippen MR) is 128 cm³/mol. The van der Waals surface area contributed by atoms with Crippen LogP contribution in [0.4, 0.5) is 0 Å². The summed E-state index contributed by atoms with van der Waals surface area (Å²) >= 11 is 0. The Balaban J connectivity index is -0.000000178. The first-order valence-corrected chi connectivity index (χ1v) is 11.6. The number of carbonyl (C=O) groups is 2. The summed E-state index contributed by atoms with van der Waals surface area (Å²) in [5.74, 6) is -1.74. The molecular weight excluding hydrogens is 452 g/mol. The summed E-state index contributed by atoms with van der Waals surface area (Å²) in [6.45, 7) is 5.61. The highest BCUT2D eigenvalue weighted by Gasteiger charge is 2.24. The molecule has 0 aliphatic carbocycles. The number of rotatable bonds is 16. The SMILES string of the molecule is CC(C)(CO)CO.CCC(CO)(CO)CO.O=C(O)CCCCC(=O)O.OCCCCCCO. The molecule has 0 atom stereocenters. The van der Waals surface area contributed by atoms with Crippen molar-refractivity contribution in [2.45, 2.75) is 78.6 Å². The molecule has 0 bridgehead atoms. The van der Waals surface area contributed by atoms with Crippen LogP contribution in [-0.2, 0) is 9.59 Å². The van der Waals surface area contributed by atoms with E-state index in [9.17, 15) is 9.59 Å². The van der Waals surface area contributed by atoms with E-state index in [1.807, 2.05) is 6.92 Å². The number of aliphatic hydroxyl groups excluding tert-OH is 7. The third kappa shape index (κ3) is 32.8. The van der Waals surface area contributed by atoms with E-state index in [-0.39, 0.29) is 64.5 Å². The first-order chi connectivity index (χ1) is 15.9. The number of hydrogen-bond acceptors (Lipinski definition) is 9. The van der Waals surface area contributed by atoms with Crippen molar-refractivity contribution in [2.75, 3.05) is 46.2 Å². The molecule has 0 aromatic carbocycles. The Labute approximate surface area is 203 Å². The third-order valence-electron chi connectivity index (χ3n) is 4.71. The van der Waals surface area contributed by atoms with Gasteiger partial charge in [0.2, 0.25) is 0 Å². The van der Waals surface area contributed by atoms with Crippen molar-refractivity contribution in [3.8, 4) is 0 Å². The molecule has 0 spiro atoms. The van der Waals surface area contributed by atoms with Gasteiger partial charge in [-0.25, -0.2) is 0 Å². The Kier molecular flexibility index (Phi) is 32.7. The lowest BCUT2D eigenvalue weighted by Crippen LogP contribution is -2.32. The van der Waals surface area contributed by atoms with Gasteiger partial charge >= 0.3 is 11.9 Å². The van der Waals surface area contributed by atoms with Gasteiger partial charge in [0, 0.05) is 36.9 Å². The van der Waals surface area contributed by atoms with Gasteiger partial charge in [-0.2, -0.15) is 0 Å². The molecule has 9 N–H and O–H groups in total. The summed E-state index contributed by atoms with van der Waals surface area (Å²) in [5.41, 5.74) is -0.972. The topological polar surface area (TPSA) is 216 Å². The van der Waals surface area contributed by atoms with E-state index < -0.39 is 17.4 Å². The summed E-state index contributed by atoms with van der Waals surface area (Å²) in [5, 5.41) is 75.7. The quantitative estimate of drug-likeness (QED) is 0.133. The lowest BCUT2D eigenvalue weighted by Gasteiger charge is -2.24. The van der Waals surface area contributed by atoms with Gasteiger partial charge in [0.15, 0.2) is 0 Å². The Morgan fingerprint density at radius 1 is 0.559 bits per heavy atom. The van der Waals surface area contributed by atoms with Crippen LogP contribution in [0.2, 0.25) is 0 Å². The Morgan fingerprint density at radius 2 is 0.882 bits per heavy atom. The molecule has 0 fully saturated rings. The van der Waals surface area contributed by atoms with Gasteiger partial charge < -0.3 is 46.0 Å². The zero-order valence-corrected chi connectivity index (χ0v) is 21.2. The van der Waals surface area contributed by atoms with Crippen molar-refractivity contribution in [1.82, 2.24) is 0 Å². The minimum Gasteiger partial charge on any atom is -0.481 e. The van der Waals surface area contributed by atoms with Crippen molar-refractivity contribution in [3.63, 3.8) is 0 Å². The Bertz CT molecular complexity index is 393. The fraction of sp³-hybridized carbons (Fsp3) is 0.913. The van der Waals surface area contributed by atoms with Gasteiger partial charge in [-0.1, -0.05) is 33.6 Å². The summed E-state index contributed by atoms with van der Waals surface area (Å²) in [7, 11) is 0. The smallest absolute Gasteiger partial charge is 0.303 e. The minimum absolute atomic E-state index is 0.0451. The van der Waals surface area contributed by atoms with Gasteiger partial charge in [0.25, 0.3) is 0 Å². The standard InChI is InChI=1S/C6H10O4.C6H14O3.C6H14O2.C5H12O2/c7-5(8)3-1-2-4-6(9)10;1-2-6(3-7,4-8)5-9;7-5-3-1-2-4-6-8;1-5(2,3-6)4-7/h1-4H2,(H,7,8)(H,9,10);7-9H,2-5H2,1H3;7-8H,1-6H2;6-7H,3-4H2,1-2H3. The highest BCUT2D eigenvalue weighted by atomic mass is 16.4. The first kappa shape index (κ1) is 39.9. The van der Waals surface area contributed by atoms with E-state index in [2.05, 4.69) is 0 Å². The predicted octanol–water partition coefficient (Wildman–Crippen LogP) is 0.604. The largest absolute Gasteiger partial charge is 0.481 e. The molecule has 0 saturated heterocycles. The van der Waals surface area contributed by atoms with Gasteiger partial charge in [-0.3, -0.25) is 9.59 Å². The molecular formula is C23H50O11. The van der Waals surface area contributed by atoms with E-state index in [4.69, 9.17) is 46.0 Å². The van der Waals surface area contributed by atoms with Crippen LogP contribution in [0.3, 0.4) is 0 Å². The van der Waals surface area contributed by atoms with Crippen LogP contribution in [0.5, 0.6) is 0 Å². The van der Waals surface area contributed by atoms with Crippen molar-refractivity contribution in [3.05, 3.63) is 0 Å². The maximum absolute atomic E-state index is 9.90. The summed E-state index contributed by atoms with van der Waals surface area (Å²) in [6.07, 6.45) is 5.44. The molecule has 11 nitrogen and oxygen atoms in total. The van der Waals surface area contributed by atoms with Crippen LogP contribution >= 0.6 is 0 Å². The minimum atomic E-state index is -0.870. The van der Waals surface area contributed by atoms with Crippen LogP contribution in [0, 0.1) is 10.8 Å². The van der Waals surface area contributed by atoms with E-state index in [0.29, 0.717) is 19.3 Å². The lowest BCUT2D eigenvalue weighted by molar-refractivity contribution is -0.139. The van der Waals surface area contributed by atoms with Crippen LogP contribution in [-0.4, -0.2) is 104 Å². The first-order valence-electron chi connectivity index (χ1n) is 11.6. The van der Waals surface area contributed by atoms with E-state index >= 15 is 0 Å². The van der Waals surface area contributed by atoms with E-state index in [1.165, 1.54) is 0 Å². The fourth-order valence-electron chi connectivity index (χ4n) is 1.67. The molecule has 11 heteroatoms. The molecule has 0 aromatic rings. The molecule has 0 saturated carbocycles. The summed E-state index contributed by atoms with van der Waals surface area (Å²) in [6, 6.07) is 0. The fourth-order valence-corrected chi connectivity index (χ4v) is 1.67. The van der Waals surface area contributed by atoms with E-state index in [0.717, 1.165) is 25.7 Å². The normalized spacial score (nSPS) is 10.6. The van der Waals surface area contributed by atoms with Gasteiger partial charge in [-0.05, 0) is 32.1 Å². The van der Waals surface area contributed by atoms with Crippen molar-refractivity contribution >= 4 is 11.9 Å². The van der Waals surface area contributed by atoms with Gasteiger partial charge in [0.1, 0.15) is 0 Å². The molecule has 0 aliphatic rings. The third-order valence-corrected chi connectivity index (χ3v) is 4.71. The van der Waals surface area contributed by atoms with Crippen LogP contribution < -0.4 is 0 Å². The number of aliphatic carboxylic acids is 2. The van der Waals surface area contributed by atoms with Gasteiger partial charge in [0.05, 0.1) is 33.0 Å². The molecule has 0 rings (SSSR count). The maximum Gasteiger partial charge on any atom is 0.303 e. The lowest BCUT2D eigenvalue weighted by atomic mass is 9.88. The van der Waals surface area contributed by atoms with E-state index in [1.54, 1.807) is 13.8 Å². The van der Waals surface area contributed by atoms with Crippen molar-refractivity contribution in [1.29, 1.82) is 0 Å². The summed E-state index contributed by atoms with van der Waals surface area (Å²) < 4.78 is 0. The van der Waals surface area contributed by atoms with Crippen LogP contribution in [0.15, 0.2) is 0 Å². The zero-order valence-electron chi connectivity index (χ0n) is 21.2. The molecule has 0 radical (unpaired) electrons. The number of carboxylic acid groups (broad SMARTS) is 2. The highest BCUT2D eigenvalue weighted by Crippen LogP contribution is 2.18. The molecule has 0 unspecified atom stereocenters. The molecule has 0 aliphatic heterocycles. The molecule has 34 heavy (non-hydrogen) atoms. The average Bonchev–Trinajstić information content (AvgIpc) is 2.82. The number of carboxylic acids is 2. The highest BCUT2D eigenvalue weighted by molar-refractivity contribution is 5.67. The zero-order chi connectivity index (χ0) is 27.5. The van der Waals surface area contributed by atoms with Crippen molar-refractivity contribution < 1.29 is 55.5 Å². The Morgan fingerprint density at radius 3 is 1.00 bits per heavy atom. The number of hydrogen-bond donors (Lipinski definition) is 9. The second-order valence-corrected chi connectivity index (χ2v) is 8.66. The molecule has 208 valence electrons. The number of unbranched alkanes of at least 4 members (excludes halogenated alkanes) is 4. The second kappa shape index (κ2) is 27.9. The maximum atomic E-state index is 9.90.